The Kier molecular flexibility index (Phi) is 3.91. The molecule has 5 heteroatoms. The molecule has 2 N–H and O–H groups in total. The third-order valence-corrected chi connectivity index (χ3v) is 6.72. The molecule has 5 rings (SSSR count). The van der Waals surface area contributed by atoms with Crippen LogP contribution >= 0.6 is 11.3 Å². The number of quaternary nitrogens is 1. The molecule has 0 saturated carbocycles. The molecule has 1 fully saturated rings. The third-order valence-electron chi connectivity index (χ3n) is 5.52. The number of nitrogens with zero attached hydrogens (tertiary/aromatic N) is 2. The minimum atomic E-state index is 0.508. The number of likely N-dealkylation sites (tertiary alicyclic amines) is 1. The van der Waals surface area contributed by atoms with Crippen LogP contribution in [0.5, 0.6) is 0 Å². The van der Waals surface area contributed by atoms with E-state index in [9.17, 15) is 0 Å². The number of anilines is 1. The van der Waals surface area contributed by atoms with E-state index >= 15 is 0 Å². The second-order valence-electron chi connectivity index (χ2n) is 7.26. The molecule has 0 radical (unpaired) electrons. The number of hydrogen-bond acceptors (Lipinski definition) is 4. The predicted octanol–water partition coefficient (Wildman–Crippen LogP) is 2.45. The van der Waals surface area contributed by atoms with Crippen molar-refractivity contribution < 1.29 is 4.90 Å². The summed E-state index contributed by atoms with van der Waals surface area (Å²) < 4.78 is 0. The first-order chi connectivity index (χ1) is 12.4. The highest BCUT2D eigenvalue weighted by Crippen LogP contribution is 2.39. The first-order valence-corrected chi connectivity index (χ1v) is 10.1. The smallest absolute Gasteiger partial charge is 0.138 e. The summed E-state index contributed by atoms with van der Waals surface area (Å²) in [4.78, 5) is 13.5. The topological polar surface area (TPSA) is 42.2 Å². The number of rotatable bonds is 4. The van der Waals surface area contributed by atoms with Crippen molar-refractivity contribution in [3.63, 3.8) is 0 Å². The van der Waals surface area contributed by atoms with Gasteiger partial charge in [0.1, 0.15) is 23.5 Å². The van der Waals surface area contributed by atoms with E-state index in [1.54, 1.807) is 11.2 Å². The van der Waals surface area contributed by atoms with E-state index < -0.39 is 0 Å². The number of fused-ring (bicyclic) bond motifs is 3. The van der Waals surface area contributed by atoms with Gasteiger partial charge in [-0.25, -0.2) is 9.97 Å². The molecule has 2 atom stereocenters. The van der Waals surface area contributed by atoms with Crippen molar-refractivity contribution in [3.05, 3.63) is 52.7 Å². The quantitative estimate of drug-likeness (QED) is 0.759. The number of nitrogens with one attached hydrogen (secondary N) is 2. The Morgan fingerprint density at radius 3 is 3.00 bits per heavy atom. The molecule has 1 aromatic carbocycles. The largest absolute Gasteiger partial charge is 0.361 e. The van der Waals surface area contributed by atoms with Crippen molar-refractivity contribution >= 4 is 27.4 Å². The summed E-state index contributed by atoms with van der Waals surface area (Å²) in [6.45, 7) is 3.50. The summed E-state index contributed by atoms with van der Waals surface area (Å²) in [5.41, 5.74) is 2.94. The molecule has 2 aliphatic rings. The molecule has 3 heterocycles. The first-order valence-electron chi connectivity index (χ1n) is 9.26. The van der Waals surface area contributed by atoms with E-state index in [-0.39, 0.29) is 0 Å². The lowest BCUT2D eigenvalue weighted by molar-refractivity contribution is -0.901. The van der Waals surface area contributed by atoms with E-state index in [4.69, 9.17) is 0 Å². The van der Waals surface area contributed by atoms with Gasteiger partial charge in [-0.15, -0.1) is 11.3 Å². The zero-order valence-corrected chi connectivity index (χ0v) is 15.1. The number of aromatic nitrogens is 2. The molecule has 128 valence electrons. The van der Waals surface area contributed by atoms with Crippen LogP contribution in [-0.2, 0) is 19.4 Å². The summed E-state index contributed by atoms with van der Waals surface area (Å²) in [6.07, 6.45) is 6.62. The highest BCUT2D eigenvalue weighted by molar-refractivity contribution is 7.19. The average molecular weight is 351 g/mol. The maximum absolute atomic E-state index is 4.60. The Labute approximate surface area is 151 Å². The second kappa shape index (κ2) is 6.39. The fourth-order valence-electron chi connectivity index (χ4n) is 4.33. The molecule has 1 unspecified atom stereocenters. The lowest BCUT2D eigenvalue weighted by atomic mass is 10.1. The molecule has 25 heavy (non-hydrogen) atoms. The van der Waals surface area contributed by atoms with Crippen LogP contribution < -0.4 is 10.2 Å². The highest BCUT2D eigenvalue weighted by Gasteiger charge is 2.28. The molecule has 1 saturated heterocycles. The van der Waals surface area contributed by atoms with Crippen LogP contribution in [0, 0.1) is 0 Å². The van der Waals surface area contributed by atoms with E-state index in [1.165, 1.54) is 53.6 Å². The van der Waals surface area contributed by atoms with Gasteiger partial charge in [-0.1, -0.05) is 30.3 Å². The average Bonchev–Trinajstić information content (AvgIpc) is 3.32. The van der Waals surface area contributed by atoms with Crippen LogP contribution in [-0.4, -0.2) is 29.1 Å². The lowest BCUT2D eigenvalue weighted by Gasteiger charge is -2.15. The summed E-state index contributed by atoms with van der Waals surface area (Å²) >= 11 is 1.86. The Morgan fingerprint density at radius 2 is 2.08 bits per heavy atom. The SMILES string of the molecule is c1ccc(C[NH+]2CC[C@H](Nc3ncnc4sc5c(c34)CCC5)C2)cc1. The minimum absolute atomic E-state index is 0.508. The van der Waals surface area contributed by atoms with Crippen LogP contribution in [0.15, 0.2) is 36.7 Å². The van der Waals surface area contributed by atoms with Gasteiger partial charge in [0, 0.05) is 16.9 Å². The summed E-state index contributed by atoms with van der Waals surface area (Å²) in [5.74, 6) is 1.07. The highest BCUT2D eigenvalue weighted by atomic mass is 32.1. The van der Waals surface area contributed by atoms with Gasteiger partial charge in [0.2, 0.25) is 0 Å². The third kappa shape index (κ3) is 2.92. The zero-order valence-electron chi connectivity index (χ0n) is 14.3. The standard InChI is InChI=1S/C20H22N4S/c1-2-5-14(6-3-1)11-24-10-9-15(12-24)23-19-18-16-7-4-8-17(16)25-20(18)22-13-21-19/h1-3,5-6,13,15H,4,7-12H2,(H,21,22,23)/p+1/t15-/m0/s1. The van der Waals surface area contributed by atoms with Gasteiger partial charge >= 0.3 is 0 Å². The van der Waals surface area contributed by atoms with Gasteiger partial charge in [0.05, 0.1) is 24.5 Å². The van der Waals surface area contributed by atoms with Crippen LogP contribution in [0.4, 0.5) is 5.82 Å². The molecule has 3 aromatic rings. The van der Waals surface area contributed by atoms with E-state index in [1.807, 2.05) is 11.3 Å². The normalized spacial score (nSPS) is 22.4. The Bertz CT molecular complexity index is 889. The second-order valence-corrected chi connectivity index (χ2v) is 8.34. The maximum Gasteiger partial charge on any atom is 0.138 e. The lowest BCUT2D eigenvalue weighted by Crippen LogP contribution is -3.09. The predicted molar refractivity (Wildman–Crippen MR) is 102 cm³/mol. The van der Waals surface area contributed by atoms with E-state index in [2.05, 4.69) is 45.6 Å². The van der Waals surface area contributed by atoms with Crippen LogP contribution in [0.2, 0.25) is 0 Å². The number of hydrogen-bond donors (Lipinski definition) is 2. The van der Waals surface area contributed by atoms with Gasteiger partial charge in [0.25, 0.3) is 0 Å². The van der Waals surface area contributed by atoms with Gasteiger partial charge in [-0.05, 0) is 24.8 Å². The van der Waals surface area contributed by atoms with Crippen molar-refractivity contribution in [1.29, 1.82) is 0 Å². The molecule has 0 amide bonds. The zero-order chi connectivity index (χ0) is 16.6. The van der Waals surface area contributed by atoms with E-state index in [0.717, 1.165) is 23.7 Å². The van der Waals surface area contributed by atoms with Crippen molar-refractivity contribution in [3.8, 4) is 0 Å². The van der Waals surface area contributed by atoms with Crippen molar-refractivity contribution in [2.24, 2.45) is 0 Å². The molecule has 1 aliphatic carbocycles. The molecule has 0 spiro atoms. The fourth-order valence-corrected chi connectivity index (χ4v) is 5.56. The molecule has 0 bridgehead atoms. The van der Waals surface area contributed by atoms with Gasteiger partial charge in [-0.3, -0.25) is 0 Å². The Balaban J connectivity index is 1.32. The van der Waals surface area contributed by atoms with Crippen molar-refractivity contribution in [1.82, 2.24) is 9.97 Å². The summed E-state index contributed by atoms with van der Waals surface area (Å²) in [6, 6.07) is 11.3. The minimum Gasteiger partial charge on any atom is -0.361 e. The number of aryl methyl sites for hydroxylation is 2. The fraction of sp³-hybridized carbons (Fsp3) is 0.400. The summed E-state index contributed by atoms with van der Waals surface area (Å²) in [5, 5.41) is 5.05. The van der Waals surface area contributed by atoms with Gasteiger partial charge in [-0.2, -0.15) is 0 Å². The molecular formula is C20H23N4S+. The monoisotopic (exact) mass is 351 g/mol. The molecule has 1 aliphatic heterocycles. The Morgan fingerprint density at radius 1 is 1.16 bits per heavy atom. The molecular weight excluding hydrogens is 328 g/mol. The van der Waals surface area contributed by atoms with Crippen LogP contribution in [0.1, 0.15) is 28.8 Å². The van der Waals surface area contributed by atoms with Crippen LogP contribution in [0.25, 0.3) is 10.2 Å². The van der Waals surface area contributed by atoms with E-state index in [0.29, 0.717) is 6.04 Å². The van der Waals surface area contributed by atoms with Gasteiger partial charge < -0.3 is 10.2 Å². The van der Waals surface area contributed by atoms with Crippen molar-refractivity contribution in [2.75, 3.05) is 18.4 Å². The van der Waals surface area contributed by atoms with Gasteiger partial charge in [0.15, 0.2) is 0 Å². The molecule has 4 nitrogen and oxygen atoms in total. The van der Waals surface area contributed by atoms with Crippen molar-refractivity contribution in [2.45, 2.75) is 38.3 Å². The number of thiophene rings is 1. The maximum atomic E-state index is 4.60. The number of benzene rings is 1. The Hall–Kier alpha value is -1.98. The molecule has 2 aromatic heterocycles. The van der Waals surface area contributed by atoms with Crippen LogP contribution in [0.3, 0.4) is 0 Å². The summed E-state index contributed by atoms with van der Waals surface area (Å²) in [7, 11) is 0. The first kappa shape index (κ1) is 15.3.